The van der Waals surface area contributed by atoms with Crippen molar-refractivity contribution < 1.29 is 0 Å². The van der Waals surface area contributed by atoms with Gasteiger partial charge in [-0.05, 0) is 91.8 Å². The fourth-order valence-electron chi connectivity index (χ4n) is 8.17. The summed E-state index contributed by atoms with van der Waals surface area (Å²) in [6.07, 6.45) is 22.4. The van der Waals surface area contributed by atoms with Crippen molar-refractivity contribution in [1.29, 1.82) is 0 Å². The van der Waals surface area contributed by atoms with E-state index in [2.05, 4.69) is 19.1 Å². The molecule has 128 valence electrons. The lowest BCUT2D eigenvalue weighted by Gasteiger charge is -2.47. The Balaban J connectivity index is 1.27. The van der Waals surface area contributed by atoms with Crippen molar-refractivity contribution in [3.63, 3.8) is 0 Å². The minimum atomic E-state index is 0.858. The Morgan fingerprint density at radius 3 is 2.09 bits per heavy atom. The number of hydrogen-bond donors (Lipinski definition) is 0. The SMILES string of the molecule is CC1C=CC(C2CC3CC2CC3C2CCCC3CCCCC32)C1. The standard InChI is InChI=1S/C23H36/c1-15-9-10-17(11-15)22-13-19-12-18(22)14-23(19)21-8-4-6-16-5-2-3-7-20(16)21/h9-10,15-23H,2-8,11-14H2,1H3. The quantitative estimate of drug-likeness (QED) is 0.513. The molecule has 0 amide bonds. The van der Waals surface area contributed by atoms with E-state index in [0.717, 1.165) is 53.3 Å². The molecule has 0 spiro atoms. The number of hydrogen-bond acceptors (Lipinski definition) is 0. The summed E-state index contributed by atoms with van der Waals surface area (Å²) >= 11 is 0. The molecule has 5 rings (SSSR count). The van der Waals surface area contributed by atoms with Gasteiger partial charge in [-0.25, -0.2) is 0 Å². The first-order valence-corrected chi connectivity index (χ1v) is 11.0. The van der Waals surface area contributed by atoms with Crippen molar-refractivity contribution in [2.24, 2.45) is 53.3 Å². The van der Waals surface area contributed by atoms with Gasteiger partial charge >= 0.3 is 0 Å². The Hall–Kier alpha value is -0.260. The van der Waals surface area contributed by atoms with E-state index in [9.17, 15) is 0 Å². The summed E-state index contributed by atoms with van der Waals surface area (Å²) in [5.41, 5.74) is 0. The van der Waals surface area contributed by atoms with Crippen LogP contribution in [0, 0.1) is 53.3 Å². The number of fused-ring (bicyclic) bond motifs is 3. The lowest BCUT2D eigenvalue weighted by Crippen LogP contribution is -2.38. The molecule has 4 fully saturated rings. The third kappa shape index (κ3) is 2.54. The summed E-state index contributed by atoms with van der Waals surface area (Å²) in [5, 5.41) is 0. The van der Waals surface area contributed by atoms with Gasteiger partial charge in [0.25, 0.3) is 0 Å². The van der Waals surface area contributed by atoms with Gasteiger partial charge in [0.1, 0.15) is 0 Å². The molecule has 0 aromatic carbocycles. The van der Waals surface area contributed by atoms with E-state index in [1.807, 2.05) is 0 Å². The Bertz CT molecular complexity index is 461. The zero-order valence-corrected chi connectivity index (χ0v) is 15.1. The van der Waals surface area contributed by atoms with Gasteiger partial charge < -0.3 is 0 Å². The summed E-state index contributed by atoms with van der Waals surface area (Å²) < 4.78 is 0. The van der Waals surface area contributed by atoms with Crippen molar-refractivity contribution in [3.8, 4) is 0 Å². The smallest absolute Gasteiger partial charge is 0.0197 e. The molecular weight excluding hydrogens is 276 g/mol. The molecule has 0 N–H and O–H groups in total. The van der Waals surface area contributed by atoms with Gasteiger partial charge in [0.2, 0.25) is 0 Å². The molecule has 0 heterocycles. The fraction of sp³-hybridized carbons (Fsp3) is 0.913. The van der Waals surface area contributed by atoms with Crippen molar-refractivity contribution in [1.82, 2.24) is 0 Å². The molecule has 0 heteroatoms. The number of allylic oxidation sites excluding steroid dienone is 2. The highest BCUT2D eigenvalue weighted by molar-refractivity contribution is 5.09. The van der Waals surface area contributed by atoms with Crippen LogP contribution in [0.5, 0.6) is 0 Å². The third-order valence-corrected chi connectivity index (χ3v) is 9.03. The van der Waals surface area contributed by atoms with Crippen molar-refractivity contribution in [3.05, 3.63) is 12.2 Å². The highest BCUT2D eigenvalue weighted by Crippen LogP contribution is 2.61. The summed E-state index contributed by atoms with van der Waals surface area (Å²) in [6, 6.07) is 0. The van der Waals surface area contributed by atoms with Gasteiger partial charge in [-0.15, -0.1) is 0 Å². The van der Waals surface area contributed by atoms with Gasteiger partial charge in [0.05, 0.1) is 0 Å². The maximum absolute atomic E-state index is 2.60. The fourth-order valence-corrected chi connectivity index (χ4v) is 8.17. The van der Waals surface area contributed by atoms with E-state index in [4.69, 9.17) is 0 Å². The van der Waals surface area contributed by atoms with Crippen LogP contribution in [-0.4, -0.2) is 0 Å². The normalized spacial score (nSPS) is 55.3. The molecule has 0 aromatic heterocycles. The second-order valence-electron chi connectivity index (χ2n) is 10.1. The van der Waals surface area contributed by atoms with Gasteiger partial charge in [-0.3, -0.25) is 0 Å². The molecule has 0 aliphatic heterocycles. The van der Waals surface area contributed by atoms with Crippen LogP contribution in [0.25, 0.3) is 0 Å². The maximum atomic E-state index is 2.60. The first-order chi connectivity index (χ1) is 11.3. The topological polar surface area (TPSA) is 0 Å². The molecule has 2 bridgehead atoms. The average molecular weight is 313 g/mol. The molecule has 4 saturated carbocycles. The van der Waals surface area contributed by atoms with Crippen LogP contribution in [0.1, 0.15) is 77.6 Å². The highest BCUT2D eigenvalue weighted by Gasteiger charge is 2.52. The van der Waals surface area contributed by atoms with Gasteiger partial charge in [-0.2, -0.15) is 0 Å². The molecule has 9 atom stereocenters. The summed E-state index contributed by atoms with van der Waals surface area (Å²) in [7, 11) is 0. The summed E-state index contributed by atoms with van der Waals surface area (Å²) in [4.78, 5) is 0. The van der Waals surface area contributed by atoms with Crippen LogP contribution < -0.4 is 0 Å². The second kappa shape index (κ2) is 5.92. The molecule has 0 saturated heterocycles. The van der Waals surface area contributed by atoms with Crippen LogP contribution >= 0.6 is 0 Å². The van der Waals surface area contributed by atoms with E-state index in [0.29, 0.717) is 0 Å². The van der Waals surface area contributed by atoms with E-state index in [1.54, 1.807) is 64.2 Å². The first-order valence-electron chi connectivity index (χ1n) is 11.0. The van der Waals surface area contributed by atoms with Gasteiger partial charge in [0.15, 0.2) is 0 Å². The zero-order valence-electron chi connectivity index (χ0n) is 15.1. The minimum absolute atomic E-state index is 0.858. The van der Waals surface area contributed by atoms with Crippen LogP contribution in [0.3, 0.4) is 0 Å². The first kappa shape index (κ1) is 15.0. The molecular formula is C23H36. The highest BCUT2D eigenvalue weighted by atomic mass is 14.6. The molecule has 0 radical (unpaired) electrons. The van der Waals surface area contributed by atoms with Crippen molar-refractivity contribution >= 4 is 0 Å². The van der Waals surface area contributed by atoms with E-state index >= 15 is 0 Å². The van der Waals surface area contributed by atoms with Gasteiger partial charge in [-0.1, -0.05) is 51.2 Å². The maximum Gasteiger partial charge on any atom is -0.0197 e. The largest absolute Gasteiger partial charge is 0.0854 e. The lowest BCUT2D eigenvalue weighted by molar-refractivity contribution is 0.0334. The Morgan fingerprint density at radius 1 is 0.565 bits per heavy atom. The molecule has 0 aromatic rings. The van der Waals surface area contributed by atoms with E-state index < -0.39 is 0 Å². The van der Waals surface area contributed by atoms with Crippen LogP contribution in [0.15, 0.2) is 12.2 Å². The van der Waals surface area contributed by atoms with Crippen molar-refractivity contribution in [2.75, 3.05) is 0 Å². The zero-order chi connectivity index (χ0) is 15.4. The molecule has 23 heavy (non-hydrogen) atoms. The summed E-state index contributed by atoms with van der Waals surface area (Å²) in [5.74, 6) is 9.68. The van der Waals surface area contributed by atoms with Crippen LogP contribution in [0.4, 0.5) is 0 Å². The minimum Gasteiger partial charge on any atom is -0.0854 e. The van der Waals surface area contributed by atoms with Gasteiger partial charge in [0, 0.05) is 0 Å². The predicted molar refractivity (Wildman–Crippen MR) is 97.0 cm³/mol. The molecule has 5 aliphatic carbocycles. The Kier molecular flexibility index (Phi) is 3.87. The van der Waals surface area contributed by atoms with E-state index in [1.165, 1.54) is 6.42 Å². The predicted octanol–water partition coefficient (Wildman–Crippen LogP) is 6.47. The monoisotopic (exact) mass is 312 g/mol. The molecule has 5 aliphatic rings. The lowest BCUT2D eigenvalue weighted by atomic mass is 9.59. The Labute approximate surface area is 143 Å². The Morgan fingerprint density at radius 2 is 1.30 bits per heavy atom. The second-order valence-corrected chi connectivity index (χ2v) is 10.1. The third-order valence-electron chi connectivity index (χ3n) is 9.03. The molecule has 0 nitrogen and oxygen atoms in total. The number of rotatable bonds is 2. The van der Waals surface area contributed by atoms with Crippen molar-refractivity contribution in [2.45, 2.75) is 77.6 Å². The molecule has 9 unspecified atom stereocenters. The van der Waals surface area contributed by atoms with Crippen LogP contribution in [0.2, 0.25) is 0 Å². The average Bonchev–Trinajstić information content (AvgIpc) is 3.29. The van der Waals surface area contributed by atoms with E-state index in [-0.39, 0.29) is 0 Å². The van der Waals surface area contributed by atoms with Crippen LogP contribution in [-0.2, 0) is 0 Å². The summed E-state index contributed by atoms with van der Waals surface area (Å²) in [6.45, 7) is 2.41.